The number of carbonyl (C=O) groups is 5. The van der Waals surface area contributed by atoms with E-state index in [-0.39, 0.29) is 69.8 Å². The van der Waals surface area contributed by atoms with Crippen LogP contribution in [0, 0.1) is 12.3 Å². The van der Waals surface area contributed by atoms with Crippen LogP contribution in [0.2, 0.25) is 5.02 Å². The molecule has 0 saturated carbocycles. The molecule has 17 nitrogen and oxygen atoms in total. The van der Waals surface area contributed by atoms with E-state index < -0.39 is 70.0 Å². The number of rotatable bonds is 20. The number of anilines is 2. The number of aryl methyl sites for hydroxylation is 1. The number of hydrogen-bond acceptors (Lipinski definition) is 12. The molecule has 0 aliphatic carbocycles. The molecule has 72 heavy (non-hydrogen) atoms. The van der Waals surface area contributed by atoms with E-state index in [1.165, 1.54) is 47.5 Å². The highest BCUT2D eigenvalue weighted by Gasteiger charge is 2.44. The molecule has 1 fully saturated rings. The normalized spacial score (nSPS) is 15.6. The summed E-state index contributed by atoms with van der Waals surface area (Å²) in [5.41, 5.74) is 3.12. The van der Waals surface area contributed by atoms with Gasteiger partial charge >= 0.3 is 12.2 Å². The Balaban J connectivity index is 0.864. The van der Waals surface area contributed by atoms with Crippen molar-refractivity contribution in [3.05, 3.63) is 118 Å². The summed E-state index contributed by atoms with van der Waals surface area (Å²) in [6.07, 6.45) is -4.20. The Bertz CT molecular complexity index is 2690. The van der Waals surface area contributed by atoms with Gasteiger partial charge in [-0.1, -0.05) is 56.6 Å². The number of hydrogen-bond donors (Lipinski definition) is 6. The van der Waals surface area contributed by atoms with Gasteiger partial charge in [-0.2, -0.15) is 13.2 Å². The highest BCUT2D eigenvalue weighted by molar-refractivity contribution is 7.13. The van der Waals surface area contributed by atoms with Crippen molar-refractivity contribution in [2.24, 2.45) is 5.41 Å². The van der Waals surface area contributed by atoms with Gasteiger partial charge in [-0.15, -0.1) is 11.3 Å². The van der Waals surface area contributed by atoms with E-state index in [9.17, 15) is 42.3 Å². The van der Waals surface area contributed by atoms with Crippen LogP contribution in [-0.2, 0) is 30.0 Å². The Kier molecular flexibility index (Phi) is 18.7. The number of carbonyl (C=O) groups excluding carboxylic acids is 5. The number of halogens is 4. The van der Waals surface area contributed by atoms with Crippen molar-refractivity contribution in [3.8, 4) is 21.9 Å². The summed E-state index contributed by atoms with van der Waals surface area (Å²) in [5.74, 6) is -1.13. The zero-order valence-corrected chi connectivity index (χ0v) is 41.7. The lowest BCUT2D eigenvalue weighted by Crippen LogP contribution is -2.58. The molecule has 3 aromatic carbocycles. The lowest BCUT2D eigenvalue weighted by molar-refractivity contribution is -0.144. The van der Waals surface area contributed by atoms with Gasteiger partial charge in [0.2, 0.25) is 17.7 Å². The Morgan fingerprint density at radius 1 is 0.861 bits per heavy atom. The second-order valence-corrected chi connectivity index (χ2v) is 19.1. The summed E-state index contributed by atoms with van der Waals surface area (Å²) in [6, 6.07) is 16.8. The molecule has 4 atom stereocenters. The third kappa shape index (κ3) is 15.4. The zero-order valence-electron chi connectivity index (χ0n) is 40.1. The molecular weight excluding hydrogens is 981 g/mol. The number of urea groups is 1. The van der Waals surface area contributed by atoms with Crippen LogP contribution in [0.3, 0.4) is 0 Å². The minimum Gasteiger partial charge on any atom is -0.457 e. The molecule has 0 spiro atoms. The number of aliphatic hydroxyl groups excluding tert-OH is 1. The standard InChI is InChI=1S/C50H56ClF3N8O9S/c1-29(31-6-8-32(9-7-31)43-30(2)57-28-72-43)58-46(66)41-25-35(63)27-62(41)47(67)44(49(3,4)5)61-42(64)17-20-69-22-23-70-21-19-56-45(65)40-26-37(16-18-55-40)71-36-13-10-33(11-14-36)59-48(68)60-34-12-15-39(51)38(24-34)50(52,53)54/h6-16,18,24,26,28-29,35,41,44,63H,17,19-23,25,27H2,1-5H3,(H,56,65)(H,58,66)(H,61,64)(H2,59,60,68)/t29?,35-,41+,44?/m0/s1. The van der Waals surface area contributed by atoms with Crippen LogP contribution < -0.4 is 31.3 Å². The average molecular weight is 1040 g/mol. The number of aromatic nitrogens is 2. The first-order chi connectivity index (χ1) is 34.2. The van der Waals surface area contributed by atoms with Crippen molar-refractivity contribution in [3.63, 3.8) is 0 Å². The van der Waals surface area contributed by atoms with E-state index in [1.54, 1.807) is 22.9 Å². The van der Waals surface area contributed by atoms with Crippen molar-refractivity contribution < 1.29 is 56.5 Å². The van der Waals surface area contributed by atoms with Gasteiger partial charge in [-0.3, -0.25) is 24.2 Å². The molecule has 2 aromatic heterocycles. The molecule has 5 aromatic rings. The van der Waals surface area contributed by atoms with Crippen LogP contribution in [0.15, 0.2) is 90.6 Å². The van der Waals surface area contributed by atoms with Crippen LogP contribution >= 0.6 is 22.9 Å². The Morgan fingerprint density at radius 3 is 2.21 bits per heavy atom. The maximum Gasteiger partial charge on any atom is 0.417 e. The van der Waals surface area contributed by atoms with Gasteiger partial charge in [0.1, 0.15) is 29.3 Å². The molecule has 22 heteroatoms. The van der Waals surface area contributed by atoms with Gasteiger partial charge in [0.05, 0.1) is 65.2 Å². The minimum absolute atomic E-state index is 0.0398. The number of amides is 6. The minimum atomic E-state index is -4.69. The number of likely N-dealkylation sites (tertiary alicyclic amines) is 1. The number of aliphatic hydroxyl groups is 1. The summed E-state index contributed by atoms with van der Waals surface area (Å²) in [5, 5.41) is 23.5. The quantitative estimate of drug-likeness (QED) is 0.0408. The number of pyridine rings is 1. The fourth-order valence-electron chi connectivity index (χ4n) is 7.52. The van der Waals surface area contributed by atoms with Crippen LogP contribution in [0.25, 0.3) is 10.4 Å². The fraction of sp³-hybridized carbons (Fsp3) is 0.380. The van der Waals surface area contributed by atoms with Gasteiger partial charge in [0.25, 0.3) is 5.91 Å². The molecule has 1 aliphatic heterocycles. The number of alkyl halides is 3. The Hall–Kier alpha value is -6.65. The first kappa shape index (κ1) is 54.7. The molecule has 6 rings (SSSR count). The highest BCUT2D eigenvalue weighted by Crippen LogP contribution is 2.36. The highest BCUT2D eigenvalue weighted by atomic mass is 35.5. The van der Waals surface area contributed by atoms with Crippen molar-refractivity contribution in [1.29, 1.82) is 0 Å². The molecule has 6 amide bonds. The molecule has 1 saturated heterocycles. The van der Waals surface area contributed by atoms with Crippen molar-refractivity contribution in [1.82, 2.24) is 30.8 Å². The second kappa shape index (κ2) is 24.7. The molecule has 6 N–H and O–H groups in total. The number of nitrogens with zero attached hydrogens (tertiary/aromatic N) is 3. The zero-order chi connectivity index (χ0) is 52.2. The topological polar surface area (TPSA) is 222 Å². The summed E-state index contributed by atoms with van der Waals surface area (Å²) in [4.78, 5) is 76.8. The largest absolute Gasteiger partial charge is 0.457 e. The fourth-order valence-corrected chi connectivity index (χ4v) is 8.55. The van der Waals surface area contributed by atoms with Crippen LogP contribution in [0.1, 0.15) is 73.9 Å². The first-order valence-electron chi connectivity index (χ1n) is 22.9. The van der Waals surface area contributed by atoms with Gasteiger partial charge in [-0.25, -0.2) is 9.78 Å². The number of β-amino-alcohol motifs (C(OH)–C–C–N with tert-alkyl or cyclic N) is 1. The summed E-state index contributed by atoms with van der Waals surface area (Å²) in [6.45, 7) is 9.84. The molecule has 1 aliphatic rings. The van der Waals surface area contributed by atoms with Crippen molar-refractivity contribution in [2.45, 2.75) is 77.9 Å². The van der Waals surface area contributed by atoms with Crippen molar-refractivity contribution >= 4 is 64.0 Å². The summed E-state index contributed by atoms with van der Waals surface area (Å²) >= 11 is 7.20. The number of nitrogens with one attached hydrogen (secondary N) is 5. The molecule has 2 unspecified atom stereocenters. The lowest BCUT2D eigenvalue weighted by Gasteiger charge is -2.35. The number of ether oxygens (including phenoxy) is 3. The number of thiazole rings is 1. The molecule has 0 bridgehead atoms. The van der Waals surface area contributed by atoms with Crippen LogP contribution in [-0.4, -0.2) is 107 Å². The van der Waals surface area contributed by atoms with Gasteiger partial charge in [0, 0.05) is 49.6 Å². The van der Waals surface area contributed by atoms with Crippen LogP contribution in [0.5, 0.6) is 11.5 Å². The summed E-state index contributed by atoms with van der Waals surface area (Å²) < 4.78 is 56.5. The lowest BCUT2D eigenvalue weighted by atomic mass is 9.85. The third-order valence-corrected chi connectivity index (χ3v) is 12.6. The Labute approximate surface area is 423 Å². The van der Waals surface area contributed by atoms with E-state index in [4.69, 9.17) is 25.8 Å². The third-order valence-electron chi connectivity index (χ3n) is 11.3. The predicted molar refractivity (Wildman–Crippen MR) is 265 cm³/mol. The monoisotopic (exact) mass is 1040 g/mol. The molecule has 3 heterocycles. The average Bonchev–Trinajstić information content (AvgIpc) is 3.95. The maximum atomic E-state index is 14.0. The van der Waals surface area contributed by atoms with Crippen LogP contribution in [0.4, 0.5) is 29.3 Å². The van der Waals surface area contributed by atoms with E-state index in [1.807, 2.05) is 58.9 Å². The van der Waals surface area contributed by atoms with E-state index >= 15 is 0 Å². The Morgan fingerprint density at radius 2 is 1.54 bits per heavy atom. The van der Waals surface area contributed by atoms with Gasteiger partial charge in [-0.05, 0) is 78.9 Å². The first-order valence-corrected chi connectivity index (χ1v) is 24.1. The van der Waals surface area contributed by atoms with Crippen molar-refractivity contribution in [2.75, 3.05) is 50.2 Å². The van der Waals surface area contributed by atoms with Gasteiger partial charge in [0.15, 0.2) is 0 Å². The maximum absolute atomic E-state index is 14.0. The van der Waals surface area contributed by atoms with E-state index in [2.05, 4.69) is 36.6 Å². The molecular formula is C50H56ClF3N8O9S. The van der Waals surface area contributed by atoms with Gasteiger partial charge < -0.3 is 50.8 Å². The predicted octanol–water partition coefficient (Wildman–Crippen LogP) is 8.15. The molecule has 0 radical (unpaired) electrons. The smallest absolute Gasteiger partial charge is 0.417 e. The van der Waals surface area contributed by atoms with E-state index in [0.717, 1.165) is 33.8 Å². The second-order valence-electron chi connectivity index (χ2n) is 17.9. The van der Waals surface area contributed by atoms with E-state index in [0.29, 0.717) is 17.2 Å². The molecule has 384 valence electrons. The SMILES string of the molecule is Cc1ncsc1-c1ccc(C(C)NC(=O)[C@H]2C[C@H](O)CN2C(=O)C(NC(=O)CCOCCOCCNC(=O)c2cc(Oc3ccc(NC(=O)Nc4ccc(Cl)c(C(F)(F)F)c4)cc3)ccn2)C(C)(C)C)cc1. The number of benzene rings is 3. The summed E-state index contributed by atoms with van der Waals surface area (Å²) in [7, 11) is 0.